The Morgan fingerprint density at radius 3 is 2.24 bits per heavy atom. The van der Waals surface area contributed by atoms with Gasteiger partial charge in [-0.3, -0.25) is 0 Å². The van der Waals surface area contributed by atoms with Crippen molar-refractivity contribution in [2.24, 2.45) is 11.3 Å². The van der Waals surface area contributed by atoms with E-state index in [2.05, 4.69) is 41.5 Å². The van der Waals surface area contributed by atoms with Crippen molar-refractivity contribution in [1.82, 2.24) is 0 Å². The van der Waals surface area contributed by atoms with Gasteiger partial charge in [-0.2, -0.15) is 0 Å². The van der Waals surface area contributed by atoms with E-state index in [9.17, 15) is 0 Å². The summed E-state index contributed by atoms with van der Waals surface area (Å²) in [6.07, 6.45) is 1.72. The molecule has 2 radical (unpaired) electrons. The minimum atomic E-state index is 0.0370. The van der Waals surface area contributed by atoms with Crippen molar-refractivity contribution in [1.29, 1.82) is 0 Å². The molecule has 2 nitrogen and oxygen atoms in total. The zero-order chi connectivity index (χ0) is 13.2. The zero-order valence-corrected chi connectivity index (χ0v) is 12.2. The predicted molar refractivity (Wildman–Crippen MR) is 72.5 cm³/mol. The molecule has 0 heterocycles. The summed E-state index contributed by atoms with van der Waals surface area (Å²) in [5, 5.41) is 0. The second kappa shape index (κ2) is 5.75. The summed E-state index contributed by atoms with van der Waals surface area (Å²) in [5.41, 5.74) is 0.0370. The molecule has 3 atom stereocenters. The van der Waals surface area contributed by atoms with Gasteiger partial charge in [-0.1, -0.05) is 26.1 Å². The minimum Gasteiger partial charge on any atom is -0.378 e. The molecule has 0 aromatic rings. The van der Waals surface area contributed by atoms with Crippen molar-refractivity contribution >= 4 is 7.85 Å². The van der Waals surface area contributed by atoms with E-state index in [1.165, 1.54) is 0 Å². The molecule has 1 saturated carbocycles. The highest BCUT2D eigenvalue weighted by atomic mass is 16.5. The van der Waals surface area contributed by atoms with E-state index in [0.29, 0.717) is 5.92 Å². The molecular formula is C14H27BO2. The van der Waals surface area contributed by atoms with Gasteiger partial charge in [0.05, 0.1) is 32.8 Å². The van der Waals surface area contributed by atoms with E-state index in [1.54, 1.807) is 0 Å². The summed E-state index contributed by atoms with van der Waals surface area (Å²) in [7, 11) is 6.24. The van der Waals surface area contributed by atoms with Crippen LogP contribution < -0.4 is 0 Å². The third-order valence-electron chi connectivity index (χ3n) is 3.74. The van der Waals surface area contributed by atoms with Gasteiger partial charge in [-0.15, -0.1) is 0 Å². The lowest BCUT2D eigenvalue weighted by atomic mass is 9.69. The Bertz CT molecular complexity index is 238. The fourth-order valence-electron chi connectivity index (χ4n) is 2.62. The highest BCUT2D eigenvalue weighted by Crippen LogP contribution is 2.50. The van der Waals surface area contributed by atoms with E-state index in [0.717, 1.165) is 13.0 Å². The van der Waals surface area contributed by atoms with E-state index in [-0.39, 0.29) is 29.5 Å². The SMILES string of the molecule is [B]C1C[C@@H](COC(C)C)C(OC(C)C)C1(C)C. The van der Waals surface area contributed by atoms with Crippen molar-refractivity contribution in [2.75, 3.05) is 6.61 Å². The van der Waals surface area contributed by atoms with Crippen LogP contribution in [0.2, 0.25) is 5.82 Å². The van der Waals surface area contributed by atoms with Crippen LogP contribution in [0.5, 0.6) is 0 Å². The Labute approximate surface area is 108 Å². The molecule has 3 heteroatoms. The van der Waals surface area contributed by atoms with Crippen molar-refractivity contribution in [3.8, 4) is 0 Å². The molecule has 0 aliphatic heterocycles. The highest BCUT2D eigenvalue weighted by Gasteiger charge is 2.47. The second-order valence-corrected chi connectivity index (χ2v) is 6.41. The van der Waals surface area contributed by atoms with Crippen LogP contribution in [0.3, 0.4) is 0 Å². The van der Waals surface area contributed by atoms with E-state index in [1.807, 2.05) is 0 Å². The molecule has 0 amide bonds. The van der Waals surface area contributed by atoms with Crippen LogP contribution in [0.1, 0.15) is 48.0 Å². The van der Waals surface area contributed by atoms with Crippen LogP contribution in [0.4, 0.5) is 0 Å². The standard InChI is InChI=1S/C14H27BO2/c1-9(2)16-8-11-7-12(15)14(5,6)13(11)17-10(3)4/h9-13H,7-8H2,1-6H3/t11-,12?,13?/m0/s1. The molecule has 17 heavy (non-hydrogen) atoms. The van der Waals surface area contributed by atoms with E-state index < -0.39 is 0 Å². The Morgan fingerprint density at radius 2 is 1.76 bits per heavy atom. The lowest BCUT2D eigenvalue weighted by molar-refractivity contribution is -0.0834. The lowest BCUT2D eigenvalue weighted by Gasteiger charge is -2.35. The van der Waals surface area contributed by atoms with Crippen molar-refractivity contribution in [2.45, 2.75) is 72.1 Å². The molecule has 1 aliphatic carbocycles. The average molecular weight is 238 g/mol. The van der Waals surface area contributed by atoms with Crippen LogP contribution in [-0.4, -0.2) is 32.8 Å². The fourth-order valence-corrected chi connectivity index (χ4v) is 2.62. The Balaban J connectivity index is 2.68. The number of ether oxygens (including phenoxy) is 2. The van der Waals surface area contributed by atoms with Gasteiger partial charge in [-0.05, 0) is 33.1 Å². The monoisotopic (exact) mass is 238 g/mol. The largest absolute Gasteiger partial charge is 0.378 e. The third-order valence-corrected chi connectivity index (χ3v) is 3.74. The van der Waals surface area contributed by atoms with Gasteiger partial charge < -0.3 is 9.47 Å². The molecular weight excluding hydrogens is 211 g/mol. The van der Waals surface area contributed by atoms with Crippen molar-refractivity contribution in [3.63, 3.8) is 0 Å². The zero-order valence-electron chi connectivity index (χ0n) is 12.2. The van der Waals surface area contributed by atoms with Crippen LogP contribution in [0.15, 0.2) is 0 Å². The summed E-state index contributed by atoms with van der Waals surface area (Å²) < 4.78 is 11.8. The summed E-state index contributed by atoms with van der Waals surface area (Å²) in [5.74, 6) is 0.622. The fraction of sp³-hybridized carbons (Fsp3) is 1.00. The van der Waals surface area contributed by atoms with Crippen LogP contribution in [0, 0.1) is 11.3 Å². The van der Waals surface area contributed by atoms with Gasteiger partial charge in [0.15, 0.2) is 0 Å². The molecule has 0 saturated heterocycles. The first kappa shape index (κ1) is 15.0. The molecule has 1 rings (SSSR count). The molecule has 0 aromatic carbocycles. The quantitative estimate of drug-likeness (QED) is 0.685. The normalized spacial score (nSPS) is 32.6. The molecule has 0 N–H and O–H groups in total. The lowest BCUT2D eigenvalue weighted by Crippen LogP contribution is -2.36. The number of rotatable bonds is 5. The number of hydrogen-bond acceptors (Lipinski definition) is 2. The predicted octanol–water partition coefficient (Wildman–Crippen LogP) is 3.21. The van der Waals surface area contributed by atoms with E-state index in [4.69, 9.17) is 17.3 Å². The topological polar surface area (TPSA) is 18.5 Å². The highest BCUT2D eigenvalue weighted by molar-refractivity contribution is 6.12. The smallest absolute Gasteiger partial charge is 0.0708 e. The van der Waals surface area contributed by atoms with Gasteiger partial charge in [0.2, 0.25) is 0 Å². The first-order chi connectivity index (χ1) is 7.75. The molecule has 1 fully saturated rings. The van der Waals surface area contributed by atoms with Gasteiger partial charge in [-0.25, -0.2) is 0 Å². The summed E-state index contributed by atoms with van der Waals surface area (Å²) in [6, 6.07) is 0. The van der Waals surface area contributed by atoms with Gasteiger partial charge in [0, 0.05) is 5.92 Å². The molecule has 1 aliphatic rings. The summed E-state index contributed by atoms with van der Waals surface area (Å²) >= 11 is 0. The Hall–Kier alpha value is -0.0151. The maximum atomic E-state index is 6.24. The van der Waals surface area contributed by atoms with Crippen molar-refractivity contribution in [3.05, 3.63) is 0 Å². The van der Waals surface area contributed by atoms with Crippen LogP contribution in [-0.2, 0) is 9.47 Å². The first-order valence-corrected chi connectivity index (χ1v) is 6.77. The summed E-state index contributed by atoms with van der Waals surface area (Å²) in [6.45, 7) is 13.5. The molecule has 0 spiro atoms. The first-order valence-electron chi connectivity index (χ1n) is 6.77. The van der Waals surface area contributed by atoms with Crippen molar-refractivity contribution < 1.29 is 9.47 Å². The Kier molecular flexibility index (Phi) is 5.09. The van der Waals surface area contributed by atoms with Gasteiger partial charge in [0.25, 0.3) is 0 Å². The molecule has 2 unspecified atom stereocenters. The molecule has 98 valence electrons. The maximum absolute atomic E-state index is 6.24. The average Bonchev–Trinajstić information content (AvgIpc) is 2.38. The molecule has 0 aromatic heterocycles. The maximum Gasteiger partial charge on any atom is 0.0708 e. The number of hydrogen-bond donors (Lipinski definition) is 0. The minimum absolute atomic E-state index is 0.0370. The van der Waals surface area contributed by atoms with Crippen LogP contribution in [0.25, 0.3) is 0 Å². The van der Waals surface area contributed by atoms with Crippen LogP contribution >= 0.6 is 0 Å². The van der Waals surface area contributed by atoms with Gasteiger partial charge in [0.1, 0.15) is 0 Å². The summed E-state index contributed by atoms with van der Waals surface area (Å²) in [4.78, 5) is 0. The second-order valence-electron chi connectivity index (χ2n) is 6.41. The third kappa shape index (κ3) is 3.72. The molecule has 0 bridgehead atoms. The van der Waals surface area contributed by atoms with E-state index >= 15 is 0 Å². The van der Waals surface area contributed by atoms with Gasteiger partial charge >= 0.3 is 0 Å². The Morgan fingerprint density at radius 1 is 1.18 bits per heavy atom.